The Morgan fingerprint density at radius 3 is 2.40 bits per heavy atom. The Morgan fingerprint density at radius 2 is 1.87 bits per heavy atom. The normalized spacial score (nSPS) is 13.4. The van der Waals surface area contributed by atoms with E-state index in [1.165, 1.54) is 25.7 Å². The largest absolute Gasteiger partial charge is 0.318 e. The van der Waals surface area contributed by atoms with E-state index in [4.69, 9.17) is 5.73 Å². The Hall–Kier alpha value is -0.120. The molecule has 0 aromatic rings. The average molecular weight is 215 g/mol. The van der Waals surface area contributed by atoms with Crippen molar-refractivity contribution >= 4 is 0 Å². The Bertz CT molecular complexity index is 128. The van der Waals surface area contributed by atoms with Crippen LogP contribution in [0.1, 0.15) is 46.0 Å². The van der Waals surface area contributed by atoms with Crippen LogP contribution < -0.4 is 11.1 Å². The van der Waals surface area contributed by atoms with Crippen LogP contribution in [0.3, 0.4) is 0 Å². The summed E-state index contributed by atoms with van der Waals surface area (Å²) < 4.78 is 0. The van der Waals surface area contributed by atoms with Crippen LogP contribution in [0.2, 0.25) is 0 Å². The molecule has 1 unspecified atom stereocenters. The number of rotatable bonds is 10. The van der Waals surface area contributed by atoms with E-state index in [2.05, 4.69) is 24.1 Å². The molecule has 15 heavy (non-hydrogen) atoms. The number of unbranched alkanes of at least 4 members (excludes halogenated alkanes) is 2. The summed E-state index contributed by atoms with van der Waals surface area (Å²) in [6, 6.07) is 0. The van der Waals surface area contributed by atoms with E-state index in [9.17, 15) is 0 Å². The summed E-state index contributed by atoms with van der Waals surface area (Å²) >= 11 is 0. The molecule has 0 radical (unpaired) electrons. The van der Waals surface area contributed by atoms with Crippen molar-refractivity contribution < 1.29 is 0 Å². The van der Waals surface area contributed by atoms with E-state index in [-0.39, 0.29) is 6.17 Å². The molecule has 0 spiro atoms. The van der Waals surface area contributed by atoms with Gasteiger partial charge >= 0.3 is 0 Å². The number of hydrogen-bond donors (Lipinski definition) is 2. The van der Waals surface area contributed by atoms with Gasteiger partial charge in [-0.3, -0.25) is 4.90 Å². The van der Waals surface area contributed by atoms with Crippen molar-refractivity contribution in [2.24, 2.45) is 5.73 Å². The summed E-state index contributed by atoms with van der Waals surface area (Å²) in [5.74, 6) is 0. The topological polar surface area (TPSA) is 41.3 Å². The molecule has 0 heterocycles. The van der Waals surface area contributed by atoms with Gasteiger partial charge in [0.25, 0.3) is 0 Å². The molecule has 0 aliphatic heterocycles. The van der Waals surface area contributed by atoms with Crippen molar-refractivity contribution in [3.63, 3.8) is 0 Å². The minimum atomic E-state index is 0.254. The van der Waals surface area contributed by atoms with Crippen LogP contribution >= 0.6 is 0 Å². The standard InChI is InChI=1S/C12H29N3/c1-4-6-7-8-12(13)15(10-5-2)11-9-14-3/h12,14H,4-11,13H2,1-3H3. The fourth-order valence-corrected chi connectivity index (χ4v) is 1.77. The molecule has 92 valence electrons. The Labute approximate surface area is 95.4 Å². The summed E-state index contributed by atoms with van der Waals surface area (Å²) in [4.78, 5) is 2.40. The maximum Gasteiger partial charge on any atom is 0.0572 e. The van der Waals surface area contributed by atoms with Gasteiger partial charge in [-0.25, -0.2) is 0 Å². The first kappa shape index (κ1) is 14.9. The fourth-order valence-electron chi connectivity index (χ4n) is 1.77. The first-order chi connectivity index (χ1) is 7.26. The fraction of sp³-hybridized carbons (Fsp3) is 1.00. The van der Waals surface area contributed by atoms with Crippen molar-refractivity contribution in [3.8, 4) is 0 Å². The van der Waals surface area contributed by atoms with Gasteiger partial charge in [-0.05, 0) is 26.4 Å². The molecule has 0 aromatic carbocycles. The Morgan fingerprint density at radius 1 is 1.13 bits per heavy atom. The molecular formula is C12H29N3. The van der Waals surface area contributed by atoms with Crippen molar-refractivity contribution in [2.75, 3.05) is 26.7 Å². The van der Waals surface area contributed by atoms with Crippen molar-refractivity contribution in [2.45, 2.75) is 52.1 Å². The first-order valence-electron chi connectivity index (χ1n) is 6.40. The second-order valence-electron chi connectivity index (χ2n) is 4.20. The second kappa shape index (κ2) is 10.4. The zero-order valence-electron chi connectivity index (χ0n) is 10.8. The summed E-state index contributed by atoms with van der Waals surface area (Å²) in [7, 11) is 1.99. The lowest BCUT2D eigenvalue weighted by atomic mass is 10.1. The third-order valence-electron chi connectivity index (χ3n) is 2.73. The minimum Gasteiger partial charge on any atom is -0.318 e. The second-order valence-corrected chi connectivity index (χ2v) is 4.20. The van der Waals surface area contributed by atoms with Crippen LogP contribution in [0.15, 0.2) is 0 Å². The zero-order chi connectivity index (χ0) is 11.5. The third-order valence-corrected chi connectivity index (χ3v) is 2.73. The summed E-state index contributed by atoms with van der Waals surface area (Å²) in [5.41, 5.74) is 6.18. The lowest BCUT2D eigenvalue weighted by molar-refractivity contribution is 0.189. The minimum absolute atomic E-state index is 0.254. The van der Waals surface area contributed by atoms with Crippen molar-refractivity contribution in [3.05, 3.63) is 0 Å². The van der Waals surface area contributed by atoms with Gasteiger partial charge in [0.05, 0.1) is 6.17 Å². The SMILES string of the molecule is CCCCCC(N)N(CCC)CCNC. The lowest BCUT2D eigenvalue weighted by Crippen LogP contribution is -2.45. The lowest BCUT2D eigenvalue weighted by Gasteiger charge is -2.28. The molecule has 0 aliphatic carbocycles. The van der Waals surface area contributed by atoms with E-state index in [1.54, 1.807) is 0 Å². The van der Waals surface area contributed by atoms with Crippen molar-refractivity contribution in [1.29, 1.82) is 0 Å². The van der Waals surface area contributed by atoms with Crippen LogP contribution in [-0.2, 0) is 0 Å². The van der Waals surface area contributed by atoms with Crippen molar-refractivity contribution in [1.82, 2.24) is 10.2 Å². The highest BCUT2D eigenvalue weighted by molar-refractivity contribution is 4.66. The van der Waals surface area contributed by atoms with E-state index in [0.29, 0.717) is 0 Å². The number of nitrogens with two attached hydrogens (primary N) is 1. The molecule has 0 bridgehead atoms. The molecule has 0 rings (SSSR count). The van der Waals surface area contributed by atoms with Gasteiger partial charge in [0.1, 0.15) is 0 Å². The summed E-state index contributed by atoms with van der Waals surface area (Å²) in [6.07, 6.45) is 6.42. The molecule has 1 atom stereocenters. The van der Waals surface area contributed by atoms with E-state index >= 15 is 0 Å². The van der Waals surface area contributed by atoms with E-state index in [0.717, 1.165) is 26.1 Å². The smallest absolute Gasteiger partial charge is 0.0572 e. The predicted molar refractivity (Wildman–Crippen MR) is 67.9 cm³/mol. The third kappa shape index (κ3) is 7.77. The van der Waals surface area contributed by atoms with Gasteiger partial charge in [0.2, 0.25) is 0 Å². The highest BCUT2D eigenvalue weighted by Gasteiger charge is 2.11. The molecule has 0 saturated carbocycles. The van der Waals surface area contributed by atoms with Crippen LogP contribution in [0.5, 0.6) is 0 Å². The van der Waals surface area contributed by atoms with Crippen LogP contribution in [0.25, 0.3) is 0 Å². The first-order valence-corrected chi connectivity index (χ1v) is 6.40. The quantitative estimate of drug-likeness (QED) is 0.431. The van der Waals surface area contributed by atoms with Crippen LogP contribution in [0.4, 0.5) is 0 Å². The molecule has 3 nitrogen and oxygen atoms in total. The summed E-state index contributed by atoms with van der Waals surface area (Å²) in [5, 5.41) is 3.18. The highest BCUT2D eigenvalue weighted by atomic mass is 15.2. The number of nitrogens with zero attached hydrogens (tertiary/aromatic N) is 1. The molecule has 3 N–H and O–H groups in total. The Balaban J connectivity index is 3.75. The molecule has 0 saturated heterocycles. The molecule has 0 aliphatic rings. The maximum absolute atomic E-state index is 6.18. The van der Waals surface area contributed by atoms with Gasteiger partial charge in [-0.2, -0.15) is 0 Å². The average Bonchev–Trinajstić information content (AvgIpc) is 2.24. The van der Waals surface area contributed by atoms with Gasteiger partial charge in [0, 0.05) is 13.1 Å². The number of likely N-dealkylation sites (N-methyl/N-ethyl adjacent to an activating group) is 1. The zero-order valence-corrected chi connectivity index (χ0v) is 10.8. The van der Waals surface area contributed by atoms with Gasteiger partial charge in [-0.1, -0.05) is 33.1 Å². The molecule has 0 fully saturated rings. The van der Waals surface area contributed by atoms with Crippen LogP contribution in [-0.4, -0.2) is 37.7 Å². The van der Waals surface area contributed by atoms with Crippen LogP contribution in [0, 0.1) is 0 Å². The molecule has 0 amide bonds. The van der Waals surface area contributed by atoms with E-state index in [1.807, 2.05) is 7.05 Å². The molecule has 3 heteroatoms. The van der Waals surface area contributed by atoms with Gasteiger partial charge < -0.3 is 11.1 Å². The number of nitrogens with one attached hydrogen (secondary N) is 1. The number of hydrogen-bond acceptors (Lipinski definition) is 3. The summed E-state index contributed by atoms with van der Waals surface area (Å²) in [6.45, 7) is 7.66. The van der Waals surface area contributed by atoms with Gasteiger partial charge in [-0.15, -0.1) is 0 Å². The monoisotopic (exact) mass is 215 g/mol. The molecule has 0 aromatic heterocycles. The van der Waals surface area contributed by atoms with E-state index < -0.39 is 0 Å². The molecular weight excluding hydrogens is 186 g/mol. The van der Waals surface area contributed by atoms with Gasteiger partial charge in [0.15, 0.2) is 0 Å². The maximum atomic E-state index is 6.18. The Kier molecular flexibility index (Phi) is 10.3. The predicted octanol–water partition coefficient (Wildman–Crippen LogP) is 1.78. The highest BCUT2D eigenvalue weighted by Crippen LogP contribution is 2.06.